The molecule has 0 amide bonds. The summed E-state index contributed by atoms with van der Waals surface area (Å²) in [4.78, 5) is 11.4. The van der Waals surface area contributed by atoms with Gasteiger partial charge in [-0.2, -0.15) is 0 Å². The lowest BCUT2D eigenvalue weighted by molar-refractivity contribution is -0.114. The molecule has 0 radical (unpaired) electrons. The van der Waals surface area contributed by atoms with Crippen molar-refractivity contribution in [2.45, 2.75) is 46.5 Å². The van der Waals surface area contributed by atoms with Crippen LogP contribution in [-0.4, -0.2) is 5.78 Å². The number of rotatable bonds is 9. The first kappa shape index (κ1) is 16.6. The molecule has 0 aliphatic carbocycles. The van der Waals surface area contributed by atoms with Crippen LogP contribution in [0.25, 0.3) is 0 Å². The van der Waals surface area contributed by atoms with Gasteiger partial charge in [-0.15, -0.1) is 0 Å². The molecule has 1 heteroatoms. The first-order valence-electron chi connectivity index (χ1n) is 6.80. The lowest BCUT2D eigenvalue weighted by Crippen LogP contribution is -1.96. The Balaban J connectivity index is 3.61. The molecule has 0 saturated heterocycles. The van der Waals surface area contributed by atoms with Gasteiger partial charge in [0.1, 0.15) is 0 Å². The highest BCUT2D eigenvalue weighted by molar-refractivity contribution is 5.89. The van der Waals surface area contributed by atoms with Gasteiger partial charge in [0.25, 0.3) is 0 Å². The van der Waals surface area contributed by atoms with Gasteiger partial charge in [0.2, 0.25) is 0 Å². The summed E-state index contributed by atoms with van der Waals surface area (Å²) in [6.45, 7) is 6.28. The summed E-state index contributed by atoms with van der Waals surface area (Å²) in [7, 11) is 0. The molecule has 0 N–H and O–H groups in total. The third-order valence-electron chi connectivity index (χ3n) is 2.43. The first-order chi connectivity index (χ1) is 8.66. The normalized spacial score (nSPS) is 12.9. The summed E-state index contributed by atoms with van der Waals surface area (Å²) in [6, 6.07) is 0. The molecule has 0 aromatic carbocycles. The molecule has 0 fully saturated rings. The van der Waals surface area contributed by atoms with Gasteiger partial charge in [-0.3, -0.25) is 4.79 Å². The molecule has 0 saturated carbocycles. The Morgan fingerprint density at radius 2 is 1.67 bits per heavy atom. The fourth-order valence-corrected chi connectivity index (χ4v) is 1.34. The third kappa shape index (κ3) is 12.7. The number of carbonyl (C=O) groups excluding carboxylic acids is 1. The van der Waals surface area contributed by atoms with Gasteiger partial charge in [-0.1, -0.05) is 56.4 Å². The molecule has 0 aromatic rings. The zero-order valence-electron chi connectivity index (χ0n) is 11.9. The van der Waals surface area contributed by atoms with Crippen LogP contribution in [0.15, 0.2) is 48.6 Å². The Morgan fingerprint density at radius 3 is 2.33 bits per heavy atom. The van der Waals surface area contributed by atoms with E-state index in [1.54, 1.807) is 6.08 Å². The molecule has 0 heterocycles. The molecule has 0 aliphatic heterocycles. The summed E-state index contributed by atoms with van der Waals surface area (Å²) in [5.74, 6) is 0.856. The fourth-order valence-electron chi connectivity index (χ4n) is 1.34. The Kier molecular flexibility index (Phi) is 11.2. The minimum Gasteiger partial charge on any atom is -0.295 e. The topological polar surface area (TPSA) is 17.1 Å². The highest BCUT2D eigenvalue weighted by Gasteiger charge is 1.98. The number of hydrogen-bond donors (Lipinski definition) is 0. The number of carbonyl (C=O) groups is 1. The van der Waals surface area contributed by atoms with Crippen molar-refractivity contribution in [3.05, 3.63) is 48.6 Å². The van der Waals surface area contributed by atoms with Crippen molar-refractivity contribution in [3.8, 4) is 0 Å². The van der Waals surface area contributed by atoms with E-state index < -0.39 is 0 Å². The van der Waals surface area contributed by atoms with Crippen LogP contribution in [0.4, 0.5) is 0 Å². The molecule has 100 valence electrons. The van der Waals surface area contributed by atoms with Crippen LogP contribution < -0.4 is 0 Å². The summed E-state index contributed by atoms with van der Waals surface area (Å²) >= 11 is 0. The van der Waals surface area contributed by atoms with Crippen LogP contribution in [0.1, 0.15) is 46.5 Å². The van der Waals surface area contributed by atoms with E-state index in [0.717, 1.165) is 19.3 Å². The standard InChI is InChI=1S/C17H26O/c1-4-5-6-7-8-9-10-11-12-13-17(18)15-14-16(2)3/h4-9,12-13,16H,10-11,14-15H2,1-3H3/b5-4+,7-6+,9-8+,13-12+. The van der Waals surface area contributed by atoms with Crippen molar-refractivity contribution in [3.63, 3.8) is 0 Å². The lowest BCUT2D eigenvalue weighted by atomic mass is 10.1. The van der Waals surface area contributed by atoms with Crippen molar-refractivity contribution in [1.82, 2.24) is 0 Å². The van der Waals surface area contributed by atoms with Gasteiger partial charge in [-0.05, 0) is 38.2 Å². The molecule has 0 bridgehead atoms. The van der Waals surface area contributed by atoms with Crippen LogP contribution >= 0.6 is 0 Å². The van der Waals surface area contributed by atoms with Gasteiger partial charge in [-0.25, -0.2) is 0 Å². The van der Waals surface area contributed by atoms with E-state index in [-0.39, 0.29) is 5.78 Å². The molecule has 0 aromatic heterocycles. The zero-order valence-corrected chi connectivity index (χ0v) is 11.9. The molecule has 0 aliphatic rings. The van der Waals surface area contributed by atoms with Gasteiger partial charge in [0, 0.05) is 6.42 Å². The molecule has 18 heavy (non-hydrogen) atoms. The second-order valence-electron chi connectivity index (χ2n) is 4.72. The predicted octanol–water partition coefficient (Wildman–Crippen LogP) is 5.02. The predicted molar refractivity (Wildman–Crippen MR) is 80.5 cm³/mol. The quantitative estimate of drug-likeness (QED) is 0.317. The smallest absolute Gasteiger partial charge is 0.155 e. The lowest BCUT2D eigenvalue weighted by Gasteiger charge is -1.99. The Hall–Kier alpha value is -1.37. The Morgan fingerprint density at radius 1 is 1.00 bits per heavy atom. The van der Waals surface area contributed by atoms with Crippen molar-refractivity contribution in [2.75, 3.05) is 0 Å². The number of ketones is 1. The van der Waals surface area contributed by atoms with E-state index in [2.05, 4.69) is 19.9 Å². The fraction of sp³-hybridized carbons (Fsp3) is 0.471. The van der Waals surface area contributed by atoms with Crippen LogP contribution in [0.2, 0.25) is 0 Å². The second kappa shape index (κ2) is 12.1. The third-order valence-corrected chi connectivity index (χ3v) is 2.43. The highest BCUT2D eigenvalue weighted by Crippen LogP contribution is 2.04. The molecular weight excluding hydrogens is 220 g/mol. The second-order valence-corrected chi connectivity index (χ2v) is 4.72. The molecule has 0 rings (SSSR count). The molecule has 0 atom stereocenters. The van der Waals surface area contributed by atoms with E-state index in [1.165, 1.54) is 0 Å². The first-order valence-corrected chi connectivity index (χ1v) is 6.80. The average molecular weight is 246 g/mol. The maximum atomic E-state index is 11.4. The van der Waals surface area contributed by atoms with E-state index in [1.807, 2.05) is 43.4 Å². The van der Waals surface area contributed by atoms with Crippen LogP contribution in [-0.2, 0) is 4.79 Å². The summed E-state index contributed by atoms with van der Waals surface area (Å²) < 4.78 is 0. The Labute approximate surface area is 112 Å². The van der Waals surface area contributed by atoms with Crippen LogP contribution in [0.5, 0.6) is 0 Å². The highest BCUT2D eigenvalue weighted by atomic mass is 16.1. The van der Waals surface area contributed by atoms with Gasteiger partial charge in [0.15, 0.2) is 5.78 Å². The van der Waals surface area contributed by atoms with Crippen LogP contribution in [0, 0.1) is 5.92 Å². The summed E-state index contributed by atoms with van der Waals surface area (Å²) in [5, 5.41) is 0. The van der Waals surface area contributed by atoms with E-state index in [0.29, 0.717) is 12.3 Å². The number of allylic oxidation sites excluding steroid dienone is 8. The van der Waals surface area contributed by atoms with Gasteiger partial charge < -0.3 is 0 Å². The van der Waals surface area contributed by atoms with Gasteiger partial charge in [0.05, 0.1) is 0 Å². The summed E-state index contributed by atoms with van der Waals surface area (Å²) in [6.07, 6.45) is 19.4. The zero-order chi connectivity index (χ0) is 13.6. The minimum atomic E-state index is 0.251. The van der Waals surface area contributed by atoms with Crippen LogP contribution in [0.3, 0.4) is 0 Å². The number of unbranched alkanes of at least 4 members (excludes halogenated alkanes) is 1. The molecule has 1 nitrogen and oxygen atoms in total. The van der Waals surface area contributed by atoms with E-state index in [9.17, 15) is 4.79 Å². The maximum absolute atomic E-state index is 11.4. The van der Waals surface area contributed by atoms with E-state index in [4.69, 9.17) is 0 Å². The number of hydrogen-bond acceptors (Lipinski definition) is 1. The van der Waals surface area contributed by atoms with E-state index >= 15 is 0 Å². The van der Waals surface area contributed by atoms with Crippen molar-refractivity contribution in [2.24, 2.45) is 5.92 Å². The molecular formula is C17H26O. The largest absolute Gasteiger partial charge is 0.295 e. The molecule has 0 spiro atoms. The van der Waals surface area contributed by atoms with Crippen molar-refractivity contribution >= 4 is 5.78 Å². The Bertz CT molecular complexity index is 317. The summed E-state index contributed by atoms with van der Waals surface area (Å²) in [5.41, 5.74) is 0. The van der Waals surface area contributed by atoms with Crippen molar-refractivity contribution in [1.29, 1.82) is 0 Å². The maximum Gasteiger partial charge on any atom is 0.155 e. The molecule has 0 unspecified atom stereocenters. The van der Waals surface area contributed by atoms with Crippen molar-refractivity contribution < 1.29 is 4.79 Å². The monoisotopic (exact) mass is 246 g/mol. The SMILES string of the molecule is C/C=C/C=C/C=C/CC/C=C/C(=O)CCC(C)C. The van der Waals surface area contributed by atoms with Gasteiger partial charge >= 0.3 is 0 Å². The minimum absolute atomic E-state index is 0.251. The average Bonchev–Trinajstić information content (AvgIpc) is 2.34.